The molecule has 128 valence electrons. The van der Waals surface area contributed by atoms with Crippen molar-refractivity contribution < 1.29 is 18.0 Å². The Kier molecular flexibility index (Phi) is 4.59. The van der Waals surface area contributed by atoms with Crippen LogP contribution in [0.25, 0.3) is 11.1 Å². The van der Waals surface area contributed by atoms with Gasteiger partial charge >= 0.3 is 6.18 Å². The highest BCUT2D eigenvalue weighted by molar-refractivity contribution is 7.14. The molecule has 0 bridgehead atoms. The van der Waals surface area contributed by atoms with Crippen molar-refractivity contribution in [3.63, 3.8) is 0 Å². The van der Waals surface area contributed by atoms with Gasteiger partial charge in [0.25, 0.3) is 5.91 Å². The van der Waals surface area contributed by atoms with E-state index in [1.807, 2.05) is 37.3 Å². The van der Waals surface area contributed by atoms with Crippen LogP contribution in [-0.4, -0.2) is 10.9 Å². The standard InChI is InChI=1S/C18H13F3N2OS/c1-11-4-2-5-12(8-11)13-6-3-7-14(9-13)16(24)23-17-22-15(10-25-17)18(19,20)21/h2-10H,1H3,(H,22,23,24). The van der Waals surface area contributed by atoms with E-state index in [1.165, 1.54) is 0 Å². The topological polar surface area (TPSA) is 42.0 Å². The molecule has 0 fully saturated rings. The Balaban J connectivity index is 1.81. The highest BCUT2D eigenvalue weighted by Gasteiger charge is 2.33. The molecule has 3 aromatic rings. The fourth-order valence-corrected chi connectivity index (χ4v) is 3.01. The molecule has 1 N–H and O–H groups in total. The number of rotatable bonds is 3. The average molecular weight is 362 g/mol. The number of carbonyl (C=O) groups excluding carboxylic acids is 1. The van der Waals surface area contributed by atoms with Crippen LogP contribution >= 0.6 is 11.3 Å². The molecule has 1 heterocycles. The Bertz CT molecular complexity index is 918. The molecule has 0 radical (unpaired) electrons. The van der Waals surface area contributed by atoms with Gasteiger partial charge in [0.05, 0.1) is 0 Å². The lowest BCUT2D eigenvalue weighted by molar-refractivity contribution is -0.140. The van der Waals surface area contributed by atoms with Gasteiger partial charge in [-0.05, 0) is 30.2 Å². The minimum Gasteiger partial charge on any atom is -0.298 e. The summed E-state index contributed by atoms with van der Waals surface area (Å²) in [6.07, 6.45) is -4.52. The average Bonchev–Trinajstić information content (AvgIpc) is 3.04. The Morgan fingerprint density at radius 2 is 1.76 bits per heavy atom. The first-order chi connectivity index (χ1) is 11.8. The highest BCUT2D eigenvalue weighted by Crippen LogP contribution is 2.31. The Morgan fingerprint density at radius 1 is 1.08 bits per heavy atom. The maximum Gasteiger partial charge on any atom is 0.434 e. The quantitative estimate of drug-likeness (QED) is 0.679. The van der Waals surface area contributed by atoms with Crippen LogP contribution in [0.1, 0.15) is 21.6 Å². The van der Waals surface area contributed by atoms with Crippen LogP contribution in [0.5, 0.6) is 0 Å². The van der Waals surface area contributed by atoms with Gasteiger partial charge in [-0.3, -0.25) is 10.1 Å². The summed E-state index contributed by atoms with van der Waals surface area (Å²) in [6.45, 7) is 1.97. The van der Waals surface area contributed by atoms with Crippen molar-refractivity contribution in [2.24, 2.45) is 0 Å². The van der Waals surface area contributed by atoms with Crippen LogP contribution in [0, 0.1) is 6.92 Å². The van der Waals surface area contributed by atoms with Crippen LogP contribution in [0.4, 0.5) is 18.3 Å². The van der Waals surface area contributed by atoms with Crippen molar-refractivity contribution >= 4 is 22.4 Å². The normalized spacial score (nSPS) is 11.4. The van der Waals surface area contributed by atoms with Gasteiger partial charge in [0.1, 0.15) is 0 Å². The first kappa shape index (κ1) is 17.2. The summed E-state index contributed by atoms with van der Waals surface area (Å²) in [5.74, 6) is -0.502. The summed E-state index contributed by atoms with van der Waals surface area (Å²) in [4.78, 5) is 15.7. The molecule has 1 aromatic heterocycles. The molecule has 0 saturated heterocycles. The lowest BCUT2D eigenvalue weighted by Crippen LogP contribution is -2.12. The van der Waals surface area contributed by atoms with E-state index in [0.717, 1.165) is 33.4 Å². The number of benzene rings is 2. The zero-order valence-electron chi connectivity index (χ0n) is 13.1. The maximum atomic E-state index is 12.6. The number of nitrogens with zero attached hydrogens (tertiary/aromatic N) is 1. The number of hydrogen-bond donors (Lipinski definition) is 1. The summed E-state index contributed by atoms with van der Waals surface area (Å²) in [5, 5.41) is 3.20. The lowest BCUT2D eigenvalue weighted by atomic mass is 10.0. The second-order valence-corrected chi connectivity index (χ2v) is 6.30. The molecule has 0 saturated carbocycles. The number of carbonyl (C=O) groups is 1. The predicted octanol–water partition coefficient (Wildman–Crippen LogP) is 5.39. The van der Waals surface area contributed by atoms with Crippen molar-refractivity contribution in [3.8, 4) is 11.1 Å². The van der Waals surface area contributed by atoms with Gasteiger partial charge in [-0.1, -0.05) is 42.0 Å². The number of nitrogens with one attached hydrogen (secondary N) is 1. The number of hydrogen-bond acceptors (Lipinski definition) is 3. The fourth-order valence-electron chi connectivity index (χ4n) is 2.30. The number of aromatic nitrogens is 1. The van der Waals surface area contributed by atoms with Gasteiger partial charge < -0.3 is 0 Å². The summed E-state index contributed by atoms with van der Waals surface area (Å²) in [7, 11) is 0. The molecule has 0 atom stereocenters. The highest BCUT2D eigenvalue weighted by atomic mass is 32.1. The number of aryl methyl sites for hydroxylation is 1. The van der Waals surface area contributed by atoms with Gasteiger partial charge in [-0.25, -0.2) is 4.98 Å². The van der Waals surface area contributed by atoms with Crippen LogP contribution in [0.3, 0.4) is 0 Å². The van der Waals surface area contributed by atoms with E-state index in [2.05, 4.69) is 10.3 Å². The molecule has 0 aliphatic rings. The number of amides is 1. The van der Waals surface area contributed by atoms with Crippen molar-refractivity contribution in [3.05, 3.63) is 70.7 Å². The van der Waals surface area contributed by atoms with E-state index in [9.17, 15) is 18.0 Å². The molecule has 0 aliphatic carbocycles. The number of thiazole rings is 1. The molecule has 7 heteroatoms. The van der Waals surface area contributed by atoms with E-state index < -0.39 is 17.8 Å². The predicted molar refractivity (Wildman–Crippen MR) is 91.7 cm³/mol. The molecule has 25 heavy (non-hydrogen) atoms. The number of alkyl halides is 3. The van der Waals surface area contributed by atoms with E-state index in [-0.39, 0.29) is 5.13 Å². The third-order valence-corrected chi connectivity index (χ3v) is 4.25. The fraction of sp³-hybridized carbons (Fsp3) is 0.111. The first-order valence-electron chi connectivity index (χ1n) is 7.34. The second kappa shape index (κ2) is 6.68. The van der Waals surface area contributed by atoms with Gasteiger partial charge in [0.2, 0.25) is 0 Å². The van der Waals surface area contributed by atoms with Gasteiger partial charge in [0.15, 0.2) is 10.8 Å². The van der Waals surface area contributed by atoms with Crippen LogP contribution in [-0.2, 0) is 6.18 Å². The van der Waals surface area contributed by atoms with E-state index >= 15 is 0 Å². The summed E-state index contributed by atoms with van der Waals surface area (Å²) < 4.78 is 37.7. The molecule has 3 rings (SSSR count). The summed E-state index contributed by atoms with van der Waals surface area (Å²) in [5.41, 5.74) is 2.24. The molecular weight excluding hydrogens is 349 g/mol. The zero-order chi connectivity index (χ0) is 18.0. The van der Waals surface area contributed by atoms with Gasteiger partial charge in [0, 0.05) is 10.9 Å². The van der Waals surface area contributed by atoms with Crippen molar-refractivity contribution in [2.45, 2.75) is 13.1 Å². The van der Waals surface area contributed by atoms with E-state index in [4.69, 9.17) is 0 Å². The second-order valence-electron chi connectivity index (χ2n) is 5.44. The SMILES string of the molecule is Cc1cccc(-c2cccc(C(=O)Nc3nc(C(F)(F)F)cs3)c2)c1. The molecular formula is C18H13F3N2OS. The third kappa shape index (κ3) is 4.06. The van der Waals surface area contributed by atoms with Crippen LogP contribution in [0.2, 0.25) is 0 Å². The Hall–Kier alpha value is -2.67. The lowest BCUT2D eigenvalue weighted by Gasteiger charge is -2.06. The third-order valence-electron chi connectivity index (χ3n) is 3.49. The molecule has 1 amide bonds. The Labute approximate surface area is 146 Å². The van der Waals surface area contributed by atoms with Gasteiger partial charge in [-0.15, -0.1) is 11.3 Å². The Morgan fingerprint density at radius 3 is 2.40 bits per heavy atom. The number of halogens is 3. The van der Waals surface area contributed by atoms with E-state index in [1.54, 1.807) is 18.2 Å². The minimum atomic E-state index is -4.52. The first-order valence-corrected chi connectivity index (χ1v) is 8.22. The zero-order valence-corrected chi connectivity index (χ0v) is 13.9. The number of anilines is 1. The van der Waals surface area contributed by atoms with Crippen molar-refractivity contribution in [2.75, 3.05) is 5.32 Å². The van der Waals surface area contributed by atoms with Crippen LogP contribution < -0.4 is 5.32 Å². The summed E-state index contributed by atoms with van der Waals surface area (Å²) in [6, 6.07) is 14.7. The minimum absolute atomic E-state index is 0.0849. The maximum absolute atomic E-state index is 12.6. The van der Waals surface area contributed by atoms with Gasteiger partial charge in [-0.2, -0.15) is 13.2 Å². The molecule has 0 spiro atoms. The molecule has 3 nitrogen and oxygen atoms in total. The monoisotopic (exact) mass is 362 g/mol. The summed E-state index contributed by atoms with van der Waals surface area (Å²) >= 11 is 0.739. The van der Waals surface area contributed by atoms with Crippen LogP contribution in [0.15, 0.2) is 53.9 Å². The molecule has 0 aliphatic heterocycles. The molecule has 2 aromatic carbocycles. The largest absolute Gasteiger partial charge is 0.434 e. The van der Waals surface area contributed by atoms with Crippen molar-refractivity contribution in [1.82, 2.24) is 4.98 Å². The smallest absolute Gasteiger partial charge is 0.298 e. The van der Waals surface area contributed by atoms with Crippen molar-refractivity contribution in [1.29, 1.82) is 0 Å². The molecule has 0 unspecified atom stereocenters. The van der Waals surface area contributed by atoms with E-state index in [0.29, 0.717) is 5.56 Å².